The van der Waals surface area contributed by atoms with E-state index in [4.69, 9.17) is 0 Å². The summed E-state index contributed by atoms with van der Waals surface area (Å²) in [5.41, 5.74) is 1.27. The summed E-state index contributed by atoms with van der Waals surface area (Å²) in [7, 11) is -2.87. The van der Waals surface area contributed by atoms with Crippen molar-refractivity contribution in [1.29, 1.82) is 0 Å². The number of hydrogen-bond acceptors (Lipinski definition) is 4. The number of piperazine rings is 1. The van der Waals surface area contributed by atoms with E-state index >= 15 is 0 Å². The van der Waals surface area contributed by atoms with Gasteiger partial charge in [0.2, 0.25) is 0 Å². The lowest BCUT2D eigenvalue weighted by Gasteiger charge is -2.33. The predicted octanol–water partition coefficient (Wildman–Crippen LogP) is 0.678. The van der Waals surface area contributed by atoms with Crippen LogP contribution in [0, 0.1) is 0 Å². The SMILES string of the molecule is CS(=O)(=O)CCN1CCNC(c2ccccc2)C1. The van der Waals surface area contributed by atoms with Crippen LogP contribution in [-0.4, -0.2) is 51.5 Å². The summed E-state index contributed by atoms with van der Waals surface area (Å²) >= 11 is 0. The van der Waals surface area contributed by atoms with Crippen molar-refractivity contribution in [2.45, 2.75) is 6.04 Å². The minimum Gasteiger partial charge on any atom is -0.308 e. The lowest BCUT2D eigenvalue weighted by Crippen LogP contribution is -2.47. The Kier molecular flexibility index (Phi) is 4.37. The highest BCUT2D eigenvalue weighted by molar-refractivity contribution is 7.90. The molecule has 0 aliphatic carbocycles. The van der Waals surface area contributed by atoms with Crippen LogP contribution in [0.3, 0.4) is 0 Å². The Morgan fingerprint density at radius 3 is 2.72 bits per heavy atom. The molecule has 1 aliphatic rings. The fraction of sp³-hybridized carbons (Fsp3) is 0.538. The first-order chi connectivity index (χ1) is 8.54. The molecule has 1 aromatic rings. The van der Waals surface area contributed by atoms with Gasteiger partial charge in [0.15, 0.2) is 0 Å². The smallest absolute Gasteiger partial charge is 0.148 e. The van der Waals surface area contributed by atoms with E-state index in [2.05, 4.69) is 22.3 Å². The van der Waals surface area contributed by atoms with Crippen LogP contribution in [0.4, 0.5) is 0 Å². The van der Waals surface area contributed by atoms with E-state index in [1.165, 1.54) is 11.8 Å². The summed E-state index contributed by atoms with van der Waals surface area (Å²) < 4.78 is 22.4. The Labute approximate surface area is 109 Å². The Hall–Kier alpha value is -0.910. The van der Waals surface area contributed by atoms with Gasteiger partial charge in [-0.1, -0.05) is 30.3 Å². The zero-order chi connectivity index (χ0) is 13.0. The van der Waals surface area contributed by atoms with Crippen LogP contribution >= 0.6 is 0 Å². The second-order valence-corrected chi connectivity index (χ2v) is 7.11. The lowest BCUT2D eigenvalue weighted by molar-refractivity contribution is 0.211. The zero-order valence-corrected chi connectivity index (χ0v) is 11.5. The minimum atomic E-state index is -2.87. The van der Waals surface area contributed by atoms with Gasteiger partial charge in [0.05, 0.1) is 5.75 Å². The van der Waals surface area contributed by atoms with Gasteiger partial charge >= 0.3 is 0 Å². The summed E-state index contributed by atoms with van der Waals surface area (Å²) in [4.78, 5) is 2.22. The summed E-state index contributed by atoms with van der Waals surface area (Å²) in [6, 6.07) is 10.6. The lowest BCUT2D eigenvalue weighted by atomic mass is 10.0. The van der Waals surface area contributed by atoms with E-state index in [0.29, 0.717) is 12.6 Å². The Balaban J connectivity index is 1.93. The van der Waals surface area contributed by atoms with E-state index in [9.17, 15) is 8.42 Å². The molecule has 1 aliphatic heterocycles. The number of rotatable bonds is 4. The van der Waals surface area contributed by atoms with Crippen LogP contribution in [0.15, 0.2) is 30.3 Å². The second-order valence-electron chi connectivity index (χ2n) is 4.85. The molecule has 1 aromatic carbocycles. The average Bonchev–Trinajstić information content (AvgIpc) is 2.37. The summed E-state index contributed by atoms with van der Waals surface area (Å²) in [5.74, 6) is 0.245. The van der Waals surface area contributed by atoms with Crippen LogP contribution in [0.1, 0.15) is 11.6 Å². The van der Waals surface area contributed by atoms with Gasteiger partial charge in [0.25, 0.3) is 0 Å². The van der Waals surface area contributed by atoms with Crippen molar-refractivity contribution in [1.82, 2.24) is 10.2 Å². The normalized spacial score (nSPS) is 21.9. The maximum Gasteiger partial charge on any atom is 0.148 e. The molecule has 1 atom stereocenters. The first-order valence-corrected chi connectivity index (χ1v) is 8.29. The molecule has 0 aromatic heterocycles. The van der Waals surface area contributed by atoms with Gasteiger partial charge in [-0.25, -0.2) is 8.42 Å². The highest BCUT2D eigenvalue weighted by atomic mass is 32.2. The number of sulfone groups is 1. The standard InChI is InChI=1S/C13H20N2O2S/c1-18(16,17)10-9-15-8-7-14-13(11-15)12-5-3-2-4-6-12/h2-6,13-14H,7-11H2,1H3. The monoisotopic (exact) mass is 268 g/mol. The third kappa shape index (κ3) is 4.08. The topological polar surface area (TPSA) is 49.4 Å². The first kappa shape index (κ1) is 13.5. The molecule has 1 heterocycles. The third-order valence-electron chi connectivity index (χ3n) is 3.24. The average molecular weight is 268 g/mol. The molecule has 0 bridgehead atoms. The first-order valence-electron chi connectivity index (χ1n) is 6.23. The molecule has 0 saturated carbocycles. The van der Waals surface area contributed by atoms with E-state index in [1.54, 1.807) is 0 Å². The van der Waals surface area contributed by atoms with Crippen molar-refractivity contribution in [2.24, 2.45) is 0 Å². The number of benzene rings is 1. The van der Waals surface area contributed by atoms with E-state index in [-0.39, 0.29) is 5.75 Å². The fourth-order valence-corrected chi connectivity index (χ4v) is 2.81. The molecule has 0 radical (unpaired) electrons. The molecule has 0 amide bonds. The van der Waals surface area contributed by atoms with Crippen LogP contribution in [-0.2, 0) is 9.84 Å². The van der Waals surface area contributed by atoms with Gasteiger partial charge in [-0.05, 0) is 5.56 Å². The van der Waals surface area contributed by atoms with Crippen molar-refractivity contribution >= 4 is 9.84 Å². The molecule has 18 heavy (non-hydrogen) atoms. The highest BCUT2D eigenvalue weighted by Crippen LogP contribution is 2.16. The molecule has 2 rings (SSSR count). The zero-order valence-electron chi connectivity index (χ0n) is 10.7. The summed E-state index contributed by atoms with van der Waals surface area (Å²) in [6.45, 7) is 3.32. The van der Waals surface area contributed by atoms with Crippen molar-refractivity contribution in [3.05, 3.63) is 35.9 Å². The van der Waals surface area contributed by atoms with Crippen molar-refractivity contribution in [2.75, 3.05) is 38.2 Å². The van der Waals surface area contributed by atoms with Gasteiger partial charge in [0.1, 0.15) is 9.84 Å². The van der Waals surface area contributed by atoms with E-state index in [0.717, 1.165) is 19.6 Å². The van der Waals surface area contributed by atoms with Gasteiger partial charge in [-0.3, -0.25) is 4.90 Å². The summed E-state index contributed by atoms with van der Waals surface area (Å²) in [5, 5.41) is 3.47. The quantitative estimate of drug-likeness (QED) is 0.872. The van der Waals surface area contributed by atoms with Crippen molar-refractivity contribution < 1.29 is 8.42 Å². The van der Waals surface area contributed by atoms with Crippen molar-refractivity contribution in [3.63, 3.8) is 0 Å². The van der Waals surface area contributed by atoms with Crippen LogP contribution in [0.2, 0.25) is 0 Å². The molecular weight excluding hydrogens is 248 g/mol. The number of hydrogen-bond donors (Lipinski definition) is 1. The minimum absolute atomic E-state index is 0.245. The van der Waals surface area contributed by atoms with E-state index in [1.807, 2.05) is 18.2 Å². The molecule has 1 saturated heterocycles. The van der Waals surface area contributed by atoms with Crippen LogP contribution < -0.4 is 5.32 Å². The molecule has 1 fully saturated rings. The van der Waals surface area contributed by atoms with Crippen LogP contribution in [0.5, 0.6) is 0 Å². The van der Waals surface area contributed by atoms with Crippen molar-refractivity contribution in [3.8, 4) is 0 Å². The van der Waals surface area contributed by atoms with Crippen LogP contribution in [0.25, 0.3) is 0 Å². The molecule has 0 spiro atoms. The fourth-order valence-electron chi connectivity index (χ4n) is 2.22. The molecule has 100 valence electrons. The van der Waals surface area contributed by atoms with Gasteiger partial charge in [-0.2, -0.15) is 0 Å². The highest BCUT2D eigenvalue weighted by Gasteiger charge is 2.20. The molecule has 5 heteroatoms. The van der Waals surface area contributed by atoms with E-state index < -0.39 is 9.84 Å². The Morgan fingerprint density at radius 2 is 2.06 bits per heavy atom. The van der Waals surface area contributed by atoms with Gasteiger partial charge < -0.3 is 5.32 Å². The third-order valence-corrected chi connectivity index (χ3v) is 4.16. The Bertz CT molecular complexity index is 473. The molecule has 1 unspecified atom stereocenters. The predicted molar refractivity (Wildman–Crippen MR) is 73.3 cm³/mol. The van der Waals surface area contributed by atoms with Gasteiger partial charge in [-0.15, -0.1) is 0 Å². The van der Waals surface area contributed by atoms with Gasteiger partial charge in [0, 0.05) is 38.5 Å². The molecule has 4 nitrogen and oxygen atoms in total. The largest absolute Gasteiger partial charge is 0.308 e. The number of nitrogens with zero attached hydrogens (tertiary/aromatic N) is 1. The summed E-state index contributed by atoms with van der Waals surface area (Å²) in [6.07, 6.45) is 1.30. The Morgan fingerprint density at radius 1 is 1.33 bits per heavy atom. The second kappa shape index (κ2) is 5.82. The molecular formula is C13H20N2O2S. The maximum atomic E-state index is 11.2. The molecule has 1 N–H and O–H groups in total. The number of nitrogens with one attached hydrogen (secondary N) is 1. The maximum absolute atomic E-state index is 11.2.